The number of hydrogen-bond donors (Lipinski definition) is 4. The first-order valence-electron chi connectivity index (χ1n) is 9.03. The molecule has 4 saturated carbocycles. The standard InChI is InChI=1S/C17H32N4S/c18-16(19)22-5-1-2-20-3-4-21-12-17-9-13-6-14(10-17)8-15(7-13)11-17/h13-15,20-21H,1-12H2,(H3,18,19). The van der Waals surface area contributed by atoms with Crippen LogP contribution in [0.2, 0.25) is 0 Å². The minimum Gasteiger partial charge on any atom is -0.379 e. The van der Waals surface area contributed by atoms with Crippen molar-refractivity contribution in [1.82, 2.24) is 10.6 Å². The van der Waals surface area contributed by atoms with E-state index in [2.05, 4.69) is 10.6 Å². The molecule has 0 amide bonds. The van der Waals surface area contributed by atoms with Gasteiger partial charge in [0.25, 0.3) is 0 Å². The summed E-state index contributed by atoms with van der Waals surface area (Å²) in [5.41, 5.74) is 5.97. The van der Waals surface area contributed by atoms with Gasteiger partial charge in [-0.3, -0.25) is 5.41 Å². The summed E-state index contributed by atoms with van der Waals surface area (Å²) in [6, 6.07) is 0. The van der Waals surface area contributed by atoms with Crippen molar-refractivity contribution in [3.05, 3.63) is 0 Å². The van der Waals surface area contributed by atoms with E-state index in [-0.39, 0.29) is 5.17 Å². The van der Waals surface area contributed by atoms with Crippen molar-refractivity contribution in [2.45, 2.75) is 44.9 Å². The highest BCUT2D eigenvalue weighted by atomic mass is 32.2. The maximum atomic E-state index is 7.15. The van der Waals surface area contributed by atoms with Gasteiger partial charge in [0.1, 0.15) is 0 Å². The van der Waals surface area contributed by atoms with Crippen molar-refractivity contribution in [2.24, 2.45) is 28.9 Å². The van der Waals surface area contributed by atoms with Gasteiger partial charge in [-0.2, -0.15) is 0 Å². The quantitative estimate of drug-likeness (QED) is 0.298. The molecule has 0 radical (unpaired) electrons. The first kappa shape index (κ1) is 16.6. The molecule has 126 valence electrons. The molecule has 4 aliphatic carbocycles. The molecule has 5 heteroatoms. The Morgan fingerprint density at radius 1 is 1.00 bits per heavy atom. The van der Waals surface area contributed by atoms with Crippen molar-refractivity contribution >= 4 is 16.9 Å². The molecule has 0 heterocycles. The van der Waals surface area contributed by atoms with E-state index in [0.29, 0.717) is 5.41 Å². The molecule has 0 aromatic carbocycles. The Morgan fingerprint density at radius 2 is 1.59 bits per heavy atom. The van der Waals surface area contributed by atoms with Crippen molar-refractivity contribution < 1.29 is 0 Å². The van der Waals surface area contributed by atoms with Crippen LogP contribution in [0.4, 0.5) is 0 Å². The van der Waals surface area contributed by atoms with Gasteiger partial charge in [-0.25, -0.2) is 0 Å². The molecular formula is C17H32N4S. The predicted molar refractivity (Wildman–Crippen MR) is 95.3 cm³/mol. The highest BCUT2D eigenvalue weighted by Crippen LogP contribution is 2.59. The van der Waals surface area contributed by atoms with E-state index in [1.54, 1.807) is 0 Å². The third-order valence-electron chi connectivity index (χ3n) is 5.90. The molecule has 4 rings (SSSR count). The van der Waals surface area contributed by atoms with E-state index in [9.17, 15) is 0 Å². The fourth-order valence-electron chi connectivity index (χ4n) is 5.54. The molecule has 22 heavy (non-hydrogen) atoms. The van der Waals surface area contributed by atoms with Crippen LogP contribution in [0, 0.1) is 28.6 Å². The molecule has 0 unspecified atom stereocenters. The summed E-state index contributed by atoms with van der Waals surface area (Å²) < 4.78 is 0. The average molecular weight is 325 g/mol. The van der Waals surface area contributed by atoms with Gasteiger partial charge in [0.15, 0.2) is 5.17 Å². The van der Waals surface area contributed by atoms with Crippen LogP contribution in [0.3, 0.4) is 0 Å². The van der Waals surface area contributed by atoms with Crippen molar-refractivity contribution in [1.29, 1.82) is 5.41 Å². The zero-order valence-corrected chi connectivity index (χ0v) is 14.5. The predicted octanol–water partition coefficient (Wildman–Crippen LogP) is 2.40. The second-order valence-electron chi connectivity index (χ2n) is 7.91. The van der Waals surface area contributed by atoms with Gasteiger partial charge in [-0.15, -0.1) is 0 Å². The van der Waals surface area contributed by atoms with E-state index >= 15 is 0 Å². The van der Waals surface area contributed by atoms with Crippen LogP contribution < -0.4 is 16.4 Å². The van der Waals surface area contributed by atoms with Gasteiger partial charge in [-0.05, 0) is 74.7 Å². The van der Waals surface area contributed by atoms with Crippen LogP contribution in [0.25, 0.3) is 0 Å². The average Bonchev–Trinajstić information content (AvgIpc) is 2.43. The largest absolute Gasteiger partial charge is 0.379 e. The smallest absolute Gasteiger partial charge is 0.151 e. The highest BCUT2D eigenvalue weighted by Gasteiger charge is 2.50. The maximum Gasteiger partial charge on any atom is 0.151 e. The first-order valence-corrected chi connectivity index (χ1v) is 10.0. The van der Waals surface area contributed by atoms with E-state index in [1.165, 1.54) is 56.8 Å². The van der Waals surface area contributed by atoms with Gasteiger partial charge in [-0.1, -0.05) is 11.8 Å². The normalized spacial score (nSPS) is 35.9. The molecule has 4 nitrogen and oxygen atoms in total. The Labute approximate surface area is 139 Å². The van der Waals surface area contributed by atoms with Gasteiger partial charge < -0.3 is 16.4 Å². The third-order valence-corrected chi connectivity index (χ3v) is 6.70. The van der Waals surface area contributed by atoms with Gasteiger partial charge in [0.05, 0.1) is 0 Å². The summed E-state index contributed by atoms with van der Waals surface area (Å²) >= 11 is 1.44. The number of thioether (sulfide) groups is 1. The molecular weight excluding hydrogens is 292 g/mol. The Morgan fingerprint density at radius 3 is 2.18 bits per heavy atom. The molecule has 4 aliphatic rings. The molecule has 0 spiro atoms. The van der Waals surface area contributed by atoms with Crippen molar-refractivity contribution in [3.8, 4) is 0 Å². The lowest BCUT2D eigenvalue weighted by molar-refractivity contribution is -0.0511. The van der Waals surface area contributed by atoms with Crippen LogP contribution in [0.5, 0.6) is 0 Å². The third kappa shape index (κ3) is 4.39. The lowest BCUT2D eigenvalue weighted by atomic mass is 9.49. The molecule has 0 saturated heterocycles. The Hall–Kier alpha value is -0.260. The van der Waals surface area contributed by atoms with Crippen molar-refractivity contribution in [2.75, 3.05) is 31.9 Å². The maximum absolute atomic E-state index is 7.15. The Kier molecular flexibility index (Phi) is 5.69. The lowest BCUT2D eigenvalue weighted by Gasteiger charge is -2.57. The van der Waals surface area contributed by atoms with Gasteiger partial charge >= 0.3 is 0 Å². The number of rotatable bonds is 9. The van der Waals surface area contributed by atoms with Gasteiger partial charge in [0, 0.05) is 25.4 Å². The molecule has 4 bridgehead atoms. The zero-order chi connectivity index (χ0) is 15.4. The minimum atomic E-state index is 0.234. The lowest BCUT2D eigenvalue weighted by Crippen LogP contribution is -2.50. The van der Waals surface area contributed by atoms with Crippen LogP contribution in [-0.4, -0.2) is 37.1 Å². The minimum absolute atomic E-state index is 0.234. The van der Waals surface area contributed by atoms with E-state index in [4.69, 9.17) is 11.1 Å². The monoisotopic (exact) mass is 324 g/mol. The summed E-state index contributed by atoms with van der Waals surface area (Å²) in [6.45, 7) is 4.41. The summed E-state index contributed by atoms with van der Waals surface area (Å²) in [5.74, 6) is 4.13. The molecule has 0 aromatic rings. The Bertz CT molecular complexity index is 350. The summed E-state index contributed by atoms with van der Waals surface area (Å²) in [5, 5.41) is 14.6. The zero-order valence-electron chi connectivity index (χ0n) is 13.7. The second-order valence-corrected chi connectivity index (χ2v) is 9.05. The summed E-state index contributed by atoms with van der Waals surface area (Å²) in [7, 11) is 0. The topological polar surface area (TPSA) is 73.9 Å². The van der Waals surface area contributed by atoms with Crippen LogP contribution in [0.15, 0.2) is 0 Å². The fraction of sp³-hybridized carbons (Fsp3) is 0.941. The molecule has 5 N–H and O–H groups in total. The second kappa shape index (κ2) is 7.54. The van der Waals surface area contributed by atoms with Crippen LogP contribution >= 0.6 is 11.8 Å². The summed E-state index contributed by atoms with van der Waals surface area (Å²) in [6.07, 6.45) is 10.2. The highest BCUT2D eigenvalue weighted by molar-refractivity contribution is 8.13. The molecule has 0 atom stereocenters. The van der Waals surface area contributed by atoms with Crippen LogP contribution in [-0.2, 0) is 0 Å². The number of hydrogen-bond acceptors (Lipinski definition) is 4. The van der Waals surface area contributed by atoms with E-state index < -0.39 is 0 Å². The fourth-order valence-corrected chi connectivity index (χ4v) is 6.05. The number of nitrogens with one attached hydrogen (secondary N) is 3. The van der Waals surface area contributed by atoms with Crippen molar-refractivity contribution in [3.63, 3.8) is 0 Å². The molecule has 4 fully saturated rings. The Balaban J connectivity index is 1.24. The van der Waals surface area contributed by atoms with Gasteiger partial charge in [0.2, 0.25) is 0 Å². The number of nitrogens with two attached hydrogens (primary N) is 1. The SMILES string of the molecule is N=C(N)SCCCNCCNCC12CC3CC(CC(C3)C1)C2. The molecule has 0 aliphatic heterocycles. The van der Waals surface area contributed by atoms with E-state index in [0.717, 1.165) is 49.6 Å². The van der Waals surface area contributed by atoms with Crippen LogP contribution in [0.1, 0.15) is 44.9 Å². The number of amidine groups is 1. The summed E-state index contributed by atoms with van der Waals surface area (Å²) in [4.78, 5) is 0. The first-order chi connectivity index (χ1) is 10.7. The molecule has 0 aromatic heterocycles. The van der Waals surface area contributed by atoms with E-state index in [1.807, 2.05) is 0 Å².